The van der Waals surface area contributed by atoms with Crippen LogP contribution in [0.3, 0.4) is 0 Å². The van der Waals surface area contributed by atoms with Gasteiger partial charge in [0.25, 0.3) is 0 Å². The van der Waals surface area contributed by atoms with Gasteiger partial charge in [0.05, 0.1) is 13.3 Å². The average Bonchev–Trinajstić information content (AvgIpc) is 2.18. The molecule has 4 nitrogen and oxygen atoms in total. The molecule has 1 aromatic carbocycles. The Kier molecular flexibility index (Phi) is 3.67. The number of amides is 1. The van der Waals surface area contributed by atoms with Crippen LogP contribution in [0.15, 0.2) is 29.4 Å². The van der Waals surface area contributed by atoms with E-state index < -0.39 is 0 Å². The second-order valence-electron chi connectivity index (χ2n) is 2.70. The molecule has 0 saturated carbocycles. The van der Waals surface area contributed by atoms with Crippen LogP contribution in [0.25, 0.3) is 0 Å². The van der Waals surface area contributed by atoms with Crippen molar-refractivity contribution < 1.29 is 9.53 Å². The van der Waals surface area contributed by atoms with E-state index in [2.05, 4.69) is 10.5 Å². The lowest BCUT2D eigenvalue weighted by Crippen LogP contribution is -2.12. The summed E-state index contributed by atoms with van der Waals surface area (Å²) in [5, 5.41) is 3.74. The quantitative estimate of drug-likeness (QED) is 0.577. The minimum absolute atomic E-state index is 0.191. The minimum Gasteiger partial charge on any atom is -0.497 e. The van der Waals surface area contributed by atoms with Crippen LogP contribution in [-0.2, 0) is 4.79 Å². The van der Waals surface area contributed by atoms with Crippen molar-refractivity contribution in [1.82, 2.24) is 5.43 Å². The first kappa shape index (κ1) is 10.2. The summed E-state index contributed by atoms with van der Waals surface area (Å²) < 4.78 is 5.03. The van der Waals surface area contributed by atoms with Gasteiger partial charge in [-0.1, -0.05) is 12.1 Å². The lowest BCUT2D eigenvalue weighted by atomic mass is 10.2. The largest absolute Gasteiger partial charge is 0.497 e. The highest BCUT2D eigenvalue weighted by Gasteiger charge is 1.91. The molecule has 0 saturated heterocycles. The Labute approximate surface area is 82.6 Å². The van der Waals surface area contributed by atoms with E-state index in [0.29, 0.717) is 0 Å². The maximum Gasteiger partial charge on any atom is 0.236 e. The Morgan fingerprint density at radius 3 is 3.00 bits per heavy atom. The van der Waals surface area contributed by atoms with Crippen LogP contribution in [0.5, 0.6) is 5.75 Å². The molecule has 4 heteroatoms. The van der Waals surface area contributed by atoms with Gasteiger partial charge in [-0.15, -0.1) is 0 Å². The normalized spacial score (nSPS) is 10.1. The predicted octanol–water partition coefficient (Wildman–Crippen LogP) is 1.17. The van der Waals surface area contributed by atoms with Crippen LogP contribution in [-0.4, -0.2) is 19.2 Å². The molecule has 1 rings (SSSR count). The summed E-state index contributed by atoms with van der Waals surface area (Å²) in [6.07, 6.45) is 1.56. The zero-order chi connectivity index (χ0) is 10.4. The van der Waals surface area contributed by atoms with Gasteiger partial charge in [-0.25, -0.2) is 5.43 Å². The molecule has 0 bridgehead atoms. The summed E-state index contributed by atoms with van der Waals surface area (Å²) >= 11 is 0. The minimum atomic E-state index is -0.191. The van der Waals surface area contributed by atoms with Crippen molar-refractivity contribution >= 4 is 12.1 Å². The second-order valence-corrected chi connectivity index (χ2v) is 2.70. The van der Waals surface area contributed by atoms with Crippen LogP contribution in [0.1, 0.15) is 12.5 Å². The highest BCUT2D eigenvalue weighted by atomic mass is 16.5. The number of hydrogen-bond acceptors (Lipinski definition) is 3. The first-order chi connectivity index (χ1) is 6.72. The van der Waals surface area contributed by atoms with Gasteiger partial charge in [-0.2, -0.15) is 5.10 Å². The SMILES string of the molecule is COc1cccc(/C=N\NC(C)=O)c1. The second kappa shape index (κ2) is 5.01. The fraction of sp³-hybridized carbons (Fsp3) is 0.200. The number of ether oxygens (including phenoxy) is 1. The van der Waals surface area contributed by atoms with E-state index in [-0.39, 0.29) is 5.91 Å². The lowest BCUT2D eigenvalue weighted by Gasteiger charge is -1.99. The van der Waals surface area contributed by atoms with Crippen molar-refractivity contribution in [3.63, 3.8) is 0 Å². The van der Waals surface area contributed by atoms with Gasteiger partial charge < -0.3 is 4.74 Å². The Morgan fingerprint density at radius 1 is 1.57 bits per heavy atom. The van der Waals surface area contributed by atoms with Crippen molar-refractivity contribution in [2.24, 2.45) is 5.10 Å². The average molecular weight is 192 g/mol. The standard InChI is InChI=1S/C10H12N2O2/c1-8(13)12-11-7-9-4-3-5-10(6-9)14-2/h3-7H,1-2H3,(H,12,13)/b11-7-. The van der Waals surface area contributed by atoms with Crippen molar-refractivity contribution in [1.29, 1.82) is 0 Å². The summed E-state index contributed by atoms with van der Waals surface area (Å²) in [7, 11) is 1.60. The Hall–Kier alpha value is -1.84. The van der Waals surface area contributed by atoms with Gasteiger partial charge in [0.15, 0.2) is 0 Å². The van der Waals surface area contributed by atoms with Gasteiger partial charge in [0, 0.05) is 6.92 Å². The van der Waals surface area contributed by atoms with Crippen LogP contribution < -0.4 is 10.2 Å². The van der Waals surface area contributed by atoms with Gasteiger partial charge in [0.1, 0.15) is 5.75 Å². The molecule has 0 aliphatic heterocycles. The van der Waals surface area contributed by atoms with Crippen LogP contribution in [0.4, 0.5) is 0 Å². The summed E-state index contributed by atoms with van der Waals surface area (Å²) in [5.41, 5.74) is 3.19. The number of nitrogens with one attached hydrogen (secondary N) is 1. The van der Waals surface area contributed by atoms with Crippen molar-refractivity contribution in [3.05, 3.63) is 29.8 Å². The molecular weight excluding hydrogens is 180 g/mol. The molecule has 0 aliphatic rings. The molecule has 0 heterocycles. The summed E-state index contributed by atoms with van der Waals surface area (Å²) in [4.78, 5) is 10.5. The van der Waals surface area contributed by atoms with Crippen LogP contribution in [0.2, 0.25) is 0 Å². The van der Waals surface area contributed by atoms with Gasteiger partial charge >= 0.3 is 0 Å². The summed E-state index contributed by atoms with van der Waals surface area (Å²) in [6.45, 7) is 1.41. The molecular formula is C10H12N2O2. The Bertz CT molecular complexity index is 348. The van der Waals surface area contributed by atoms with Crippen LogP contribution >= 0.6 is 0 Å². The van der Waals surface area contributed by atoms with E-state index in [1.165, 1.54) is 6.92 Å². The maximum absolute atomic E-state index is 10.5. The number of nitrogens with zero attached hydrogens (tertiary/aromatic N) is 1. The maximum atomic E-state index is 10.5. The van der Waals surface area contributed by atoms with E-state index >= 15 is 0 Å². The lowest BCUT2D eigenvalue weighted by molar-refractivity contribution is -0.118. The first-order valence-electron chi connectivity index (χ1n) is 4.16. The molecule has 1 N–H and O–H groups in total. The fourth-order valence-electron chi connectivity index (χ4n) is 0.920. The topological polar surface area (TPSA) is 50.7 Å². The number of methoxy groups -OCH3 is 1. The summed E-state index contributed by atoms with van der Waals surface area (Å²) in [5.74, 6) is 0.570. The van der Waals surface area contributed by atoms with Gasteiger partial charge in [-0.05, 0) is 17.7 Å². The molecule has 1 amide bonds. The zero-order valence-electron chi connectivity index (χ0n) is 8.15. The highest BCUT2D eigenvalue weighted by Crippen LogP contribution is 2.10. The molecule has 0 aliphatic carbocycles. The number of carbonyl (C=O) groups excluding carboxylic acids is 1. The van der Waals surface area contributed by atoms with Crippen molar-refractivity contribution in [3.8, 4) is 5.75 Å². The fourth-order valence-corrected chi connectivity index (χ4v) is 0.920. The molecule has 1 aromatic rings. The smallest absolute Gasteiger partial charge is 0.236 e. The third kappa shape index (κ3) is 3.26. The third-order valence-corrected chi connectivity index (χ3v) is 1.53. The van der Waals surface area contributed by atoms with Crippen molar-refractivity contribution in [2.45, 2.75) is 6.92 Å². The highest BCUT2D eigenvalue weighted by molar-refractivity contribution is 5.82. The number of hydrazone groups is 1. The molecule has 0 atom stereocenters. The molecule has 0 aromatic heterocycles. The number of benzene rings is 1. The Morgan fingerprint density at radius 2 is 2.36 bits per heavy atom. The van der Waals surface area contributed by atoms with E-state index in [1.807, 2.05) is 24.3 Å². The van der Waals surface area contributed by atoms with E-state index in [9.17, 15) is 4.79 Å². The number of hydrogen-bond donors (Lipinski definition) is 1. The molecule has 0 spiro atoms. The van der Waals surface area contributed by atoms with Crippen molar-refractivity contribution in [2.75, 3.05) is 7.11 Å². The number of carbonyl (C=O) groups is 1. The Balaban J connectivity index is 2.66. The molecule has 0 unspecified atom stereocenters. The zero-order valence-corrected chi connectivity index (χ0v) is 8.15. The van der Waals surface area contributed by atoms with Crippen LogP contribution in [0, 0.1) is 0 Å². The summed E-state index contributed by atoms with van der Waals surface area (Å²) in [6, 6.07) is 7.39. The number of rotatable bonds is 3. The van der Waals surface area contributed by atoms with E-state index in [1.54, 1.807) is 13.3 Å². The first-order valence-corrected chi connectivity index (χ1v) is 4.16. The monoisotopic (exact) mass is 192 g/mol. The van der Waals surface area contributed by atoms with Gasteiger partial charge in [-0.3, -0.25) is 4.79 Å². The molecule has 74 valence electrons. The third-order valence-electron chi connectivity index (χ3n) is 1.53. The van der Waals surface area contributed by atoms with Gasteiger partial charge in [0.2, 0.25) is 5.91 Å². The molecule has 14 heavy (non-hydrogen) atoms. The van der Waals surface area contributed by atoms with E-state index in [4.69, 9.17) is 4.74 Å². The van der Waals surface area contributed by atoms with E-state index in [0.717, 1.165) is 11.3 Å². The predicted molar refractivity (Wildman–Crippen MR) is 54.4 cm³/mol. The molecule has 0 fully saturated rings. The molecule has 0 radical (unpaired) electrons.